The van der Waals surface area contributed by atoms with Gasteiger partial charge in [0.15, 0.2) is 0 Å². The average Bonchev–Trinajstić information content (AvgIpc) is 1.38. The van der Waals surface area contributed by atoms with Gasteiger partial charge in [-0.1, -0.05) is 6.92 Å². The first-order valence-corrected chi connectivity index (χ1v) is 1.91. The maximum absolute atomic E-state index is 11.4. The lowest BCUT2D eigenvalue weighted by Gasteiger charge is -1.86. The molecule has 0 aromatic carbocycles. The first kappa shape index (κ1) is 4.93. The van der Waals surface area contributed by atoms with Crippen LogP contribution in [0.3, 0.4) is 0 Å². The van der Waals surface area contributed by atoms with E-state index in [2.05, 4.69) is 0 Å². The molecule has 0 aliphatic heterocycles. The van der Waals surface area contributed by atoms with Crippen LogP contribution >= 0.6 is 0 Å². The standard InChI is InChI=1S/C4H9F/c1-3-4(2)5/h4H,3H2,1-2H3/t4-/m0/s1. The third-order valence-corrected chi connectivity index (χ3v) is 0.563. The molecule has 0 aromatic heterocycles. The van der Waals surface area contributed by atoms with Gasteiger partial charge in [-0.25, -0.2) is 4.39 Å². The summed E-state index contributed by atoms with van der Waals surface area (Å²) in [6, 6.07) is 0. The van der Waals surface area contributed by atoms with Gasteiger partial charge in [0, 0.05) is 0 Å². The Balaban J connectivity index is 2.54. The van der Waals surface area contributed by atoms with Gasteiger partial charge in [-0.15, -0.1) is 0 Å². The molecule has 5 heavy (non-hydrogen) atoms. The van der Waals surface area contributed by atoms with Crippen LogP contribution in [0.15, 0.2) is 0 Å². The maximum atomic E-state index is 11.4. The Morgan fingerprint density at radius 1 is 1.80 bits per heavy atom. The summed E-state index contributed by atoms with van der Waals surface area (Å²) in [6.45, 7) is 3.38. The van der Waals surface area contributed by atoms with E-state index in [-0.39, 0.29) is 0 Å². The third kappa shape index (κ3) is 3.93. The summed E-state index contributed by atoms with van der Waals surface area (Å²) in [5.74, 6) is 0. The van der Waals surface area contributed by atoms with Crippen molar-refractivity contribution in [3.8, 4) is 0 Å². The summed E-state index contributed by atoms with van der Waals surface area (Å²) in [5, 5.41) is 0. The van der Waals surface area contributed by atoms with Crippen LogP contribution in [0.5, 0.6) is 0 Å². The van der Waals surface area contributed by atoms with E-state index in [1.54, 1.807) is 6.92 Å². The minimum Gasteiger partial charge on any atom is -0.248 e. The molecular weight excluding hydrogens is 67.0 g/mol. The molecule has 0 bridgehead atoms. The van der Waals surface area contributed by atoms with Gasteiger partial charge in [0.2, 0.25) is 0 Å². The molecule has 0 aliphatic rings. The smallest absolute Gasteiger partial charge is 0.0971 e. The van der Waals surface area contributed by atoms with Crippen LogP contribution in [0.4, 0.5) is 4.39 Å². The van der Waals surface area contributed by atoms with Crippen molar-refractivity contribution in [2.75, 3.05) is 0 Å². The molecule has 1 atom stereocenters. The second-order valence-corrected chi connectivity index (χ2v) is 1.19. The highest BCUT2D eigenvalue weighted by molar-refractivity contribution is 4.35. The van der Waals surface area contributed by atoms with Crippen molar-refractivity contribution in [2.45, 2.75) is 26.4 Å². The van der Waals surface area contributed by atoms with E-state index in [9.17, 15) is 4.39 Å². The van der Waals surface area contributed by atoms with Crippen molar-refractivity contribution in [1.29, 1.82) is 0 Å². The van der Waals surface area contributed by atoms with Gasteiger partial charge in [0.05, 0.1) is 6.17 Å². The highest BCUT2D eigenvalue weighted by Gasteiger charge is 1.85. The van der Waals surface area contributed by atoms with E-state index < -0.39 is 6.17 Å². The highest BCUT2D eigenvalue weighted by atomic mass is 19.1. The molecule has 0 N–H and O–H groups in total. The Kier molecular flexibility index (Phi) is 2.15. The molecule has 0 unspecified atom stereocenters. The SMILES string of the molecule is CC[C@H](C)F. The molecule has 0 nitrogen and oxygen atoms in total. The maximum Gasteiger partial charge on any atom is 0.0971 e. The lowest BCUT2D eigenvalue weighted by atomic mass is 10.4. The molecule has 0 aromatic rings. The van der Waals surface area contributed by atoms with E-state index >= 15 is 0 Å². The number of alkyl halides is 1. The minimum absolute atomic E-state index is 0.616. The Bertz CT molecular complexity index is 17.6. The van der Waals surface area contributed by atoms with Crippen LogP contribution in [-0.4, -0.2) is 6.17 Å². The summed E-state index contributed by atoms with van der Waals surface area (Å²) >= 11 is 0. The predicted molar refractivity (Wildman–Crippen MR) is 20.9 cm³/mol. The first-order chi connectivity index (χ1) is 2.27. The van der Waals surface area contributed by atoms with Gasteiger partial charge < -0.3 is 0 Å². The lowest BCUT2D eigenvalue weighted by Crippen LogP contribution is -1.83. The zero-order valence-electron chi connectivity index (χ0n) is 3.66. The average molecular weight is 76.1 g/mol. The van der Waals surface area contributed by atoms with Gasteiger partial charge >= 0.3 is 0 Å². The van der Waals surface area contributed by atoms with Crippen molar-refractivity contribution in [3.05, 3.63) is 0 Å². The molecule has 0 saturated carbocycles. The fourth-order valence-electron chi connectivity index (χ4n) is 0. The van der Waals surface area contributed by atoms with E-state index in [0.29, 0.717) is 6.42 Å². The van der Waals surface area contributed by atoms with E-state index in [0.717, 1.165) is 0 Å². The number of hydrogen-bond donors (Lipinski definition) is 0. The molecule has 0 spiro atoms. The van der Waals surface area contributed by atoms with Gasteiger partial charge in [0.1, 0.15) is 0 Å². The summed E-state index contributed by atoms with van der Waals surface area (Å²) in [5.41, 5.74) is 0. The summed E-state index contributed by atoms with van der Waals surface area (Å²) in [6.07, 6.45) is 0.0231. The Hall–Kier alpha value is -0.0700. The topological polar surface area (TPSA) is 0 Å². The van der Waals surface area contributed by atoms with E-state index in [4.69, 9.17) is 0 Å². The van der Waals surface area contributed by atoms with Gasteiger partial charge in [-0.05, 0) is 13.3 Å². The largest absolute Gasteiger partial charge is 0.248 e. The Labute approximate surface area is 32.0 Å². The minimum atomic E-state index is -0.616. The van der Waals surface area contributed by atoms with Crippen LogP contribution in [0, 0.1) is 0 Å². The lowest BCUT2D eigenvalue weighted by molar-refractivity contribution is 0.352. The summed E-state index contributed by atoms with van der Waals surface area (Å²) in [7, 11) is 0. The fourth-order valence-corrected chi connectivity index (χ4v) is 0. The molecule has 0 aliphatic carbocycles. The predicted octanol–water partition coefficient (Wildman–Crippen LogP) is 1.75. The fraction of sp³-hybridized carbons (Fsp3) is 1.00. The van der Waals surface area contributed by atoms with Crippen molar-refractivity contribution < 1.29 is 4.39 Å². The van der Waals surface area contributed by atoms with Crippen LogP contribution in [0.2, 0.25) is 0 Å². The van der Waals surface area contributed by atoms with E-state index in [1.807, 2.05) is 6.92 Å². The normalized spacial score (nSPS) is 15.0. The monoisotopic (exact) mass is 76.1 g/mol. The Morgan fingerprint density at radius 3 is 2.00 bits per heavy atom. The van der Waals surface area contributed by atoms with Gasteiger partial charge in [0.25, 0.3) is 0 Å². The van der Waals surface area contributed by atoms with Crippen molar-refractivity contribution in [2.24, 2.45) is 0 Å². The van der Waals surface area contributed by atoms with Crippen LogP contribution < -0.4 is 0 Å². The van der Waals surface area contributed by atoms with Gasteiger partial charge in [-0.3, -0.25) is 0 Å². The molecule has 0 saturated heterocycles. The van der Waals surface area contributed by atoms with Crippen LogP contribution in [0.25, 0.3) is 0 Å². The zero-order valence-corrected chi connectivity index (χ0v) is 3.66. The molecular formula is C4H9F. The third-order valence-electron chi connectivity index (χ3n) is 0.563. The van der Waals surface area contributed by atoms with Crippen molar-refractivity contribution in [1.82, 2.24) is 0 Å². The quantitative estimate of drug-likeness (QED) is 0.446. The second kappa shape index (κ2) is 2.18. The van der Waals surface area contributed by atoms with Gasteiger partial charge in [-0.2, -0.15) is 0 Å². The molecule has 32 valence electrons. The molecule has 1 heteroatoms. The molecule has 0 rings (SSSR count). The second-order valence-electron chi connectivity index (χ2n) is 1.19. The van der Waals surface area contributed by atoms with Crippen LogP contribution in [0.1, 0.15) is 20.3 Å². The summed E-state index contributed by atoms with van der Waals surface area (Å²) in [4.78, 5) is 0. The number of hydrogen-bond acceptors (Lipinski definition) is 0. The molecule has 0 amide bonds. The number of rotatable bonds is 1. The Morgan fingerprint density at radius 2 is 2.00 bits per heavy atom. The van der Waals surface area contributed by atoms with Crippen molar-refractivity contribution in [3.63, 3.8) is 0 Å². The first-order valence-electron chi connectivity index (χ1n) is 1.91. The number of halogens is 1. The molecule has 0 fully saturated rings. The molecule has 0 radical (unpaired) electrons. The molecule has 0 heterocycles. The van der Waals surface area contributed by atoms with Crippen molar-refractivity contribution >= 4 is 0 Å². The van der Waals surface area contributed by atoms with E-state index in [1.165, 1.54) is 0 Å². The zero-order chi connectivity index (χ0) is 4.28. The van der Waals surface area contributed by atoms with Crippen LogP contribution in [-0.2, 0) is 0 Å². The summed E-state index contributed by atoms with van der Waals surface area (Å²) < 4.78 is 11.4. The highest BCUT2D eigenvalue weighted by Crippen LogP contribution is 1.90.